The molecular weight excluding hydrogens is 449 g/mol. The van der Waals surface area contributed by atoms with Gasteiger partial charge in [-0.3, -0.25) is 19.1 Å². The quantitative estimate of drug-likeness (QED) is 0.624. The van der Waals surface area contributed by atoms with Gasteiger partial charge in [-0.25, -0.2) is 14.2 Å². The first-order valence-corrected chi connectivity index (χ1v) is 12.0. The molecule has 1 aromatic carbocycles. The third kappa shape index (κ3) is 4.50. The zero-order valence-electron chi connectivity index (χ0n) is 19.7. The van der Waals surface area contributed by atoms with Crippen molar-refractivity contribution in [1.82, 2.24) is 19.4 Å². The summed E-state index contributed by atoms with van der Waals surface area (Å²) in [6, 6.07) is 10.1. The molecule has 35 heavy (non-hydrogen) atoms. The van der Waals surface area contributed by atoms with Crippen LogP contribution in [0, 0.1) is 5.82 Å². The van der Waals surface area contributed by atoms with Crippen molar-refractivity contribution in [3.05, 3.63) is 91.6 Å². The first-order valence-electron chi connectivity index (χ1n) is 12.0. The Morgan fingerprint density at radius 2 is 1.94 bits per heavy atom. The average molecular weight is 478 g/mol. The van der Waals surface area contributed by atoms with Crippen molar-refractivity contribution >= 4 is 11.7 Å². The van der Waals surface area contributed by atoms with Crippen LogP contribution in [0.25, 0.3) is 0 Å². The second kappa shape index (κ2) is 9.48. The van der Waals surface area contributed by atoms with Crippen molar-refractivity contribution in [2.24, 2.45) is 0 Å². The van der Waals surface area contributed by atoms with Crippen molar-refractivity contribution < 1.29 is 9.18 Å². The number of fused-ring (bicyclic) bond motifs is 1. The molecule has 3 heterocycles. The number of benzene rings is 1. The van der Waals surface area contributed by atoms with Gasteiger partial charge in [0.2, 0.25) is 0 Å². The molecule has 0 radical (unpaired) electrons. The van der Waals surface area contributed by atoms with Gasteiger partial charge < -0.3 is 9.80 Å². The summed E-state index contributed by atoms with van der Waals surface area (Å²) < 4.78 is 16.3. The van der Waals surface area contributed by atoms with Gasteiger partial charge in [0.15, 0.2) is 0 Å². The molecule has 1 aliphatic carbocycles. The number of rotatable bonds is 4. The number of H-pyrrole nitrogens is 1. The molecule has 2 aromatic heterocycles. The summed E-state index contributed by atoms with van der Waals surface area (Å²) in [5.74, 6) is -0.0221. The molecule has 2 aliphatic rings. The van der Waals surface area contributed by atoms with Gasteiger partial charge in [0, 0.05) is 43.6 Å². The number of nitrogens with one attached hydrogen (secondary N) is 1. The lowest BCUT2D eigenvalue weighted by molar-refractivity contribution is 0.0741. The standard InChI is InChI=1S/C26H28FN5O3/c1-17-5-4-6-21-23(17)24(33)29-26(35)32(21)16-18-8-9-20(27)19(15-18)25(34)31-13-11-30(12-14-31)22-7-2-3-10-28-22/h2-3,7-10,15,17H,4-6,11-14,16H2,1H3,(H,29,33,35). The normalized spacial score (nSPS) is 17.8. The topological polar surface area (TPSA) is 91.3 Å². The van der Waals surface area contributed by atoms with E-state index in [1.165, 1.54) is 12.1 Å². The van der Waals surface area contributed by atoms with Crippen LogP contribution in [0.15, 0.2) is 52.2 Å². The molecule has 1 atom stereocenters. The highest BCUT2D eigenvalue weighted by molar-refractivity contribution is 5.94. The van der Waals surface area contributed by atoms with E-state index in [4.69, 9.17) is 0 Å². The Bertz CT molecular complexity index is 1360. The highest BCUT2D eigenvalue weighted by Crippen LogP contribution is 2.28. The van der Waals surface area contributed by atoms with Crippen molar-refractivity contribution in [2.45, 2.75) is 38.6 Å². The van der Waals surface area contributed by atoms with Gasteiger partial charge in [0.05, 0.1) is 12.1 Å². The van der Waals surface area contributed by atoms with Gasteiger partial charge in [-0.05, 0) is 55.0 Å². The van der Waals surface area contributed by atoms with E-state index in [0.29, 0.717) is 43.7 Å². The Balaban J connectivity index is 1.37. The summed E-state index contributed by atoms with van der Waals surface area (Å²) >= 11 is 0. The van der Waals surface area contributed by atoms with Gasteiger partial charge in [0.25, 0.3) is 11.5 Å². The van der Waals surface area contributed by atoms with Crippen LogP contribution >= 0.6 is 0 Å². The highest BCUT2D eigenvalue weighted by Gasteiger charge is 2.26. The predicted molar refractivity (Wildman–Crippen MR) is 131 cm³/mol. The van der Waals surface area contributed by atoms with E-state index in [0.717, 1.165) is 24.4 Å². The molecule has 5 rings (SSSR count). The fourth-order valence-corrected chi connectivity index (χ4v) is 5.16. The minimum atomic E-state index is -0.588. The van der Waals surface area contributed by atoms with Crippen LogP contribution in [0.1, 0.15) is 52.9 Å². The molecule has 0 spiro atoms. The largest absolute Gasteiger partial charge is 0.353 e. The minimum absolute atomic E-state index is 0.00602. The molecule has 3 aromatic rings. The molecule has 1 unspecified atom stereocenters. The van der Waals surface area contributed by atoms with E-state index in [1.807, 2.05) is 25.1 Å². The minimum Gasteiger partial charge on any atom is -0.353 e. The molecule has 0 bridgehead atoms. The molecule has 1 N–H and O–H groups in total. The second-order valence-electron chi connectivity index (χ2n) is 9.28. The summed E-state index contributed by atoms with van der Waals surface area (Å²) in [5, 5.41) is 0. The number of nitrogens with zero attached hydrogens (tertiary/aromatic N) is 4. The van der Waals surface area contributed by atoms with Gasteiger partial charge >= 0.3 is 5.69 Å². The van der Waals surface area contributed by atoms with E-state index < -0.39 is 11.5 Å². The Hall–Kier alpha value is -3.75. The van der Waals surface area contributed by atoms with Crippen LogP contribution in [0.4, 0.5) is 10.2 Å². The maximum atomic E-state index is 14.7. The fraction of sp³-hybridized carbons (Fsp3) is 0.385. The van der Waals surface area contributed by atoms with Crippen LogP contribution in [0.5, 0.6) is 0 Å². The number of hydrogen-bond acceptors (Lipinski definition) is 5. The van der Waals surface area contributed by atoms with Crippen LogP contribution in [0.2, 0.25) is 0 Å². The molecule has 182 valence electrons. The SMILES string of the molecule is CC1CCCc2c1c(=O)[nH]c(=O)n2Cc1ccc(F)c(C(=O)N2CCN(c3ccccn3)CC2)c1. The molecule has 1 amide bonds. The highest BCUT2D eigenvalue weighted by atomic mass is 19.1. The molecule has 1 saturated heterocycles. The molecule has 9 heteroatoms. The number of pyridine rings is 1. The van der Waals surface area contributed by atoms with E-state index in [9.17, 15) is 18.8 Å². The van der Waals surface area contributed by atoms with Gasteiger partial charge in [0.1, 0.15) is 11.6 Å². The van der Waals surface area contributed by atoms with Crippen molar-refractivity contribution in [1.29, 1.82) is 0 Å². The third-order valence-corrected chi connectivity index (χ3v) is 7.03. The lowest BCUT2D eigenvalue weighted by atomic mass is 9.87. The molecule has 1 fully saturated rings. The number of aromatic nitrogens is 3. The molecular formula is C26H28FN5O3. The number of carbonyl (C=O) groups excluding carboxylic acids is 1. The predicted octanol–water partition coefficient (Wildman–Crippen LogP) is 2.52. The summed E-state index contributed by atoms with van der Waals surface area (Å²) in [6.07, 6.45) is 4.18. The van der Waals surface area contributed by atoms with Crippen molar-refractivity contribution in [3.63, 3.8) is 0 Å². The maximum absolute atomic E-state index is 14.7. The van der Waals surface area contributed by atoms with Gasteiger partial charge in [-0.15, -0.1) is 0 Å². The van der Waals surface area contributed by atoms with Crippen LogP contribution in [-0.4, -0.2) is 51.5 Å². The summed E-state index contributed by atoms with van der Waals surface area (Å²) in [4.78, 5) is 48.8. The summed E-state index contributed by atoms with van der Waals surface area (Å²) in [5.41, 5.74) is 1.21. The lowest BCUT2D eigenvalue weighted by Crippen LogP contribution is -2.49. The summed E-state index contributed by atoms with van der Waals surface area (Å²) in [6.45, 7) is 4.30. The smallest absolute Gasteiger partial charge is 0.328 e. The van der Waals surface area contributed by atoms with Crippen LogP contribution in [-0.2, 0) is 13.0 Å². The van der Waals surface area contributed by atoms with Crippen LogP contribution in [0.3, 0.4) is 0 Å². The van der Waals surface area contributed by atoms with Crippen molar-refractivity contribution in [2.75, 3.05) is 31.1 Å². The molecule has 0 saturated carbocycles. The van der Waals surface area contributed by atoms with Gasteiger partial charge in [-0.2, -0.15) is 0 Å². The Morgan fingerprint density at radius 1 is 1.14 bits per heavy atom. The first kappa shape index (κ1) is 23.0. The average Bonchev–Trinajstić information content (AvgIpc) is 2.87. The number of halogens is 1. The second-order valence-corrected chi connectivity index (χ2v) is 9.28. The number of anilines is 1. The zero-order chi connectivity index (χ0) is 24.5. The number of piperazine rings is 1. The van der Waals surface area contributed by atoms with E-state index in [1.54, 1.807) is 21.7 Å². The van der Waals surface area contributed by atoms with E-state index in [-0.39, 0.29) is 29.5 Å². The van der Waals surface area contributed by atoms with Crippen LogP contribution < -0.4 is 16.1 Å². The monoisotopic (exact) mass is 477 g/mol. The maximum Gasteiger partial charge on any atom is 0.328 e. The molecule has 1 aliphatic heterocycles. The number of aromatic amines is 1. The number of hydrogen-bond donors (Lipinski definition) is 1. The first-order chi connectivity index (χ1) is 16.9. The number of amides is 1. The van der Waals surface area contributed by atoms with E-state index >= 15 is 0 Å². The Morgan fingerprint density at radius 3 is 2.69 bits per heavy atom. The van der Waals surface area contributed by atoms with Gasteiger partial charge in [-0.1, -0.05) is 19.1 Å². The Labute approximate surface area is 202 Å². The fourth-order valence-electron chi connectivity index (χ4n) is 5.16. The number of carbonyl (C=O) groups is 1. The van der Waals surface area contributed by atoms with E-state index in [2.05, 4.69) is 14.9 Å². The zero-order valence-corrected chi connectivity index (χ0v) is 19.7. The van der Waals surface area contributed by atoms with Crippen molar-refractivity contribution in [3.8, 4) is 0 Å². The summed E-state index contributed by atoms with van der Waals surface area (Å²) in [7, 11) is 0. The third-order valence-electron chi connectivity index (χ3n) is 7.03. The Kier molecular flexibility index (Phi) is 6.23. The lowest BCUT2D eigenvalue weighted by Gasteiger charge is -2.35. The molecule has 8 nitrogen and oxygen atoms in total.